The van der Waals surface area contributed by atoms with Crippen LogP contribution in [0.4, 0.5) is 0 Å². The molecular formula is C16H17ClN4O4. The maximum Gasteiger partial charge on any atom is 0.306 e. The summed E-state index contributed by atoms with van der Waals surface area (Å²) >= 11 is 6.18. The van der Waals surface area contributed by atoms with Gasteiger partial charge in [-0.05, 0) is 19.1 Å². The Kier molecular flexibility index (Phi) is 5.00. The molecule has 2 aromatic rings. The minimum absolute atomic E-state index is 0.144. The van der Waals surface area contributed by atoms with Crippen LogP contribution < -0.4 is 0 Å². The summed E-state index contributed by atoms with van der Waals surface area (Å²) in [4.78, 5) is 25.1. The van der Waals surface area contributed by atoms with Crippen LogP contribution in [-0.4, -0.2) is 62.7 Å². The first-order valence-electron chi connectivity index (χ1n) is 7.77. The molecule has 1 aliphatic rings. The van der Waals surface area contributed by atoms with Gasteiger partial charge in [-0.3, -0.25) is 9.59 Å². The zero-order valence-corrected chi connectivity index (χ0v) is 14.3. The van der Waals surface area contributed by atoms with Gasteiger partial charge in [0.2, 0.25) is 0 Å². The van der Waals surface area contributed by atoms with Crippen LogP contribution in [0.3, 0.4) is 0 Å². The number of aliphatic carboxylic acids is 1. The highest BCUT2D eigenvalue weighted by atomic mass is 35.5. The second-order valence-corrected chi connectivity index (χ2v) is 6.14. The average molecular weight is 365 g/mol. The van der Waals surface area contributed by atoms with Crippen molar-refractivity contribution in [3.05, 3.63) is 40.7 Å². The number of nitrogens with zero attached hydrogens (tertiary/aromatic N) is 4. The fourth-order valence-electron chi connectivity index (χ4n) is 2.75. The fourth-order valence-corrected chi connectivity index (χ4v) is 2.97. The van der Waals surface area contributed by atoms with Gasteiger partial charge in [-0.2, -0.15) is 0 Å². The molecule has 0 bridgehead atoms. The average Bonchev–Trinajstić information content (AvgIpc) is 2.96. The zero-order chi connectivity index (χ0) is 18.0. The molecule has 8 nitrogen and oxygen atoms in total. The van der Waals surface area contributed by atoms with Gasteiger partial charge in [-0.25, -0.2) is 4.68 Å². The Morgan fingerprint density at radius 3 is 2.88 bits per heavy atom. The van der Waals surface area contributed by atoms with Crippen molar-refractivity contribution in [1.29, 1.82) is 0 Å². The van der Waals surface area contributed by atoms with Gasteiger partial charge in [0.25, 0.3) is 5.91 Å². The van der Waals surface area contributed by atoms with E-state index in [0.717, 1.165) is 0 Å². The van der Waals surface area contributed by atoms with E-state index in [1.807, 2.05) is 6.07 Å². The van der Waals surface area contributed by atoms with E-state index in [9.17, 15) is 9.59 Å². The van der Waals surface area contributed by atoms with Crippen LogP contribution >= 0.6 is 11.6 Å². The van der Waals surface area contributed by atoms with E-state index in [-0.39, 0.29) is 24.6 Å². The molecule has 1 fully saturated rings. The van der Waals surface area contributed by atoms with Gasteiger partial charge in [0, 0.05) is 13.1 Å². The highest BCUT2D eigenvalue weighted by Gasteiger charge is 2.29. The molecule has 1 amide bonds. The number of aromatic nitrogens is 3. The number of carbonyl (C=O) groups excluding carboxylic acids is 1. The molecule has 1 aromatic heterocycles. The second-order valence-electron chi connectivity index (χ2n) is 5.73. The van der Waals surface area contributed by atoms with Crippen LogP contribution in [0.25, 0.3) is 5.69 Å². The molecule has 3 rings (SSSR count). The van der Waals surface area contributed by atoms with E-state index in [0.29, 0.717) is 29.6 Å². The van der Waals surface area contributed by atoms with E-state index in [4.69, 9.17) is 21.4 Å². The van der Waals surface area contributed by atoms with Crippen molar-refractivity contribution < 1.29 is 19.4 Å². The van der Waals surface area contributed by atoms with Gasteiger partial charge >= 0.3 is 5.97 Å². The molecule has 0 unspecified atom stereocenters. The molecule has 132 valence electrons. The topological polar surface area (TPSA) is 97.6 Å². The number of hydrogen-bond donors (Lipinski definition) is 1. The van der Waals surface area contributed by atoms with E-state index >= 15 is 0 Å². The lowest BCUT2D eigenvalue weighted by Gasteiger charge is -2.31. The Morgan fingerprint density at radius 2 is 2.16 bits per heavy atom. The van der Waals surface area contributed by atoms with Crippen LogP contribution in [0.5, 0.6) is 0 Å². The zero-order valence-electron chi connectivity index (χ0n) is 13.6. The van der Waals surface area contributed by atoms with Crippen molar-refractivity contribution in [3.8, 4) is 5.69 Å². The molecule has 1 saturated heterocycles. The third-order valence-corrected chi connectivity index (χ3v) is 4.33. The maximum atomic E-state index is 12.8. The van der Waals surface area contributed by atoms with Crippen molar-refractivity contribution in [2.24, 2.45) is 0 Å². The van der Waals surface area contributed by atoms with E-state index in [2.05, 4.69) is 10.3 Å². The number of amides is 1. The molecule has 9 heteroatoms. The second kappa shape index (κ2) is 7.20. The normalized spacial score (nSPS) is 17.5. The molecule has 1 aliphatic heterocycles. The SMILES string of the molecule is Cc1c(C(=O)N2CCO[C@H](CC(=O)O)C2)nnn1-c1ccccc1Cl. The van der Waals surface area contributed by atoms with E-state index in [1.165, 1.54) is 4.68 Å². The molecule has 2 heterocycles. The van der Waals surface area contributed by atoms with Gasteiger partial charge in [0.05, 0.1) is 35.5 Å². The Bertz CT molecular complexity index is 807. The third-order valence-electron chi connectivity index (χ3n) is 4.01. The number of benzene rings is 1. The van der Waals surface area contributed by atoms with E-state index < -0.39 is 12.1 Å². The summed E-state index contributed by atoms with van der Waals surface area (Å²) in [5, 5.41) is 17.4. The Hall–Kier alpha value is -2.45. The predicted octanol–water partition coefficient (Wildman–Crippen LogP) is 1.54. The Balaban J connectivity index is 1.82. The molecule has 0 aliphatic carbocycles. The number of para-hydroxylation sites is 1. The molecular weight excluding hydrogens is 348 g/mol. The van der Waals surface area contributed by atoms with Crippen LogP contribution in [0.1, 0.15) is 22.6 Å². The predicted molar refractivity (Wildman–Crippen MR) is 89.0 cm³/mol. The largest absolute Gasteiger partial charge is 0.481 e. The quantitative estimate of drug-likeness (QED) is 0.883. The van der Waals surface area contributed by atoms with Crippen LogP contribution in [0.2, 0.25) is 5.02 Å². The van der Waals surface area contributed by atoms with Gasteiger partial charge in [0.15, 0.2) is 5.69 Å². The monoisotopic (exact) mass is 364 g/mol. The van der Waals surface area contributed by atoms with Crippen molar-refractivity contribution in [3.63, 3.8) is 0 Å². The standard InChI is InChI=1S/C16H17ClN4O4/c1-10-15(18-19-21(10)13-5-3-2-4-12(13)17)16(24)20-6-7-25-11(9-20)8-14(22)23/h2-5,11H,6-9H2,1H3,(H,22,23)/t11-/m1/s1. The summed E-state index contributed by atoms with van der Waals surface area (Å²) in [6, 6.07) is 7.15. The summed E-state index contributed by atoms with van der Waals surface area (Å²) < 4.78 is 6.91. The molecule has 0 saturated carbocycles. The molecule has 1 N–H and O–H groups in total. The molecule has 25 heavy (non-hydrogen) atoms. The fraction of sp³-hybridized carbons (Fsp3) is 0.375. The summed E-state index contributed by atoms with van der Waals surface area (Å²) in [6.45, 7) is 2.63. The minimum atomic E-state index is -0.958. The van der Waals surface area contributed by atoms with Crippen molar-refractivity contribution >= 4 is 23.5 Å². The van der Waals surface area contributed by atoms with Gasteiger partial charge in [-0.15, -0.1) is 5.10 Å². The number of carbonyl (C=O) groups is 2. The van der Waals surface area contributed by atoms with Crippen molar-refractivity contribution in [1.82, 2.24) is 19.9 Å². The number of carboxylic acids is 1. The maximum absolute atomic E-state index is 12.8. The van der Waals surface area contributed by atoms with Gasteiger partial charge in [-0.1, -0.05) is 28.9 Å². The third kappa shape index (κ3) is 3.64. The lowest BCUT2D eigenvalue weighted by molar-refractivity contribution is -0.141. The van der Waals surface area contributed by atoms with Crippen molar-refractivity contribution in [2.45, 2.75) is 19.4 Å². The number of carboxylic acid groups (broad SMARTS) is 1. The smallest absolute Gasteiger partial charge is 0.306 e. The molecule has 0 radical (unpaired) electrons. The molecule has 1 atom stereocenters. The minimum Gasteiger partial charge on any atom is -0.481 e. The number of hydrogen-bond acceptors (Lipinski definition) is 5. The summed E-state index contributed by atoms with van der Waals surface area (Å²) in [6.07, 6.45) is -0.663. The first-order chi connectivity index (χ1) is 12.0. The number of halogens is 1. The Labute approximate surface area is 148 Å². The molecule has 1 aromatic carbocycles. The number of rotatable bonds is 4. The number of morpholine rings is 1. The van der Waals surface area contributed by atoms with Gasteiger partial charge in [0.1, 0.15) is 0 Å². The van der Waals surface area contributed by atoms with E-state index in [1.54, 1.807) is 30.0 Å². The van der Waals surface area contributed by atoms with Crippen molar-refractivity contribution in [2.75, 3.05) is 19.7 Å². The lowest BCUT2D eigenvalue weighted by atomic mass is 10.2. The number of ether oxygens (including phenoxy) is 1. The van der Waals surface area contributed by atoms with Crippen LogP contribution in [0, 0.1) is 6.92 Å². The summed E-state index contributed by atoms with van der Waals surface area (Å²) in [5.74, 6) is -1.25. The highest BCUT2D eigenvalue weighted by molar-refractivity contribution is 6.32. The van der Waals surface area contributed by atoms with Crippen LogP contribution in [-0.2, 0) is 9.53 Å². The first-order valence-corrected chi connectivity index (χ1v) is 8.15. The Morgan fingerprint density at radius 1 is 1.40 bits per heavy atom. The molecule has 0 spiro atoms. The highest BCUT2D eigenvalue weighted by Crippen LogP contribution is 2.22. The van der Waals surface area contributed by atoms with Gasteiger partial charge < -0.3 is 14.7 Å². The van der Waals surface area contributed by atoms with Crippen LogP contribution in [0.15, 0.2) is 24.3 Å². The summed E-state index contributed by atoms with van der Waals surface area (Å²) in [7, 11) is 0. The lowest BCUT2D eigenvalue weighted by Crippen LogP contribution is -2.46. The summed E-state index contributed by atoms with van der Waals surface area (Å²) in [5.41, 5.74) is 1.43. The first kappa shape index (κ1) is 17.4.